The number of nitrogens with zero attached hydrogens (tertiary/aromatic N) is 1. The lowest BCUT2D eigenvalue weighted by Crippen LogP contribution is -2.03. The number of aromatic nitrogens is 1. The molecule has 0 bridgehead atoms. The van der Waals surface area contributed by atoms with E-state index < -0.39 is 5.97 Å². The molecule has 1 heterocycles. The molecule has 18 heavy (non-hydrogen) atoms. The predicted octanol–water partition coefficient (Wildman–Crippen LogP) is 2.91. The third-order valence-corrected chi connectivity index (χ3v) is 2.46. The lowest BCUT2D eigenvalue weighted by atomic mass is 10.2. The highest BCUT2D eigenvalue weighted by molar-refractivity contribution is 6.31. The summed E-state index contributed by atoms with van der Waals surface area (Å²) in [5, 5.41) is 13.1. The van der Waals surface area contributed by atoms with Gasteiger partial charge in [-0.05, 0) is 25.1 Å². The first-order valence-electron chi connectivity index (χ1n) is 5.14. The zero-order valence-electron chi connectivity index (χ0n) is 9.51. The van der Waals surface area contributed by atoms with Crippen LogP contribution < -0.4 is 4.74 Å². The summed E-state index contributed by atoms with van der Waals surface area (Å²) in [6.07, 6.45) is 0. The second kappa shape index (κ2) is 5.10. The van der Waals surface area contributed by atoms with Crippen LogP contribution in [0.1, 0.15) is 21.8 Å². The minimum absolute atomic E-state index is 0.0164. The zero-order valence-corrected chi connectivity index (χ0v) is 10.3. The molecule has 0 unspecified atom stereocenters. The number of carboxylic acids is 1. The summed E-state index contributed by atoms with van der Waals surface area (Å²) in [6.45, 7) is 1.90. The van der Waals surface area contributed by atoms with E-state index in [-0.39, 0.29) is 17.9 Å². The van der Waals surface area contributed by atoms with Gasteiger partial charge in [0.05, 0.1) is 0 Å². The van der Waals surface area contributed by atoms with Gasteiger partial charge >= 0.3 is 5.97 Å². The Morgan fingerprint density at radius 3 is 2.89 bits per heavy atom. The Balaban J connectivity index is 2.16. The van der Waals surface area contributed by atoms with Crippen molar-refractivity contribution in [1.29, 1.82) is 0 Å². The molecule has 0 saturated heterocycles. The van der Waals surface area contributed by atoms with Gasteiger partial charge in [-0.2, -0.15) is 0 Å². The first-order valence-corrected chi connectivity index (χ1v) is 5.52. The molecule has 6 heteroatoms. The minimum atomic E-state index is -1.09. The van der Waals surface area contributed by atoms with Gasteiger partial charge < -0.3 is 14.4 Å². The third-order valence-electron chi connectivity index (χ3n) is 2.22. The van der Waals surface area contributed by atoms with Gasteiger partial charge in [-0.1, -0.05) is 16.8 Å². The highest BCUT2D eigenvalue weighted by Crippen LogP contribution is 2.23. The fraction of sp³-hybridized carbons (Fsp3) is 0.167. The number of ether oxygens (including phenoxy) is 1. The number of rotatable bonds is 4. The molecule has 0 radical (unpaired) electrons. The van der Waals surface area contributed by atoms with E-state index in [1.54, 1.807) is 19.1 Å². The van der Waals surface area contributed by atoms with E-state index >= 15 is 0 Å². The van der Waals surface area contributed by atoms with Gasteiger partial charge in [0.15, 0.2) is 0 Å². The van der Waals surface area contributed by atoms with Crippen molar-refractivity contribution >= 4 is 17.6 Å². The van der Waals surface area contributed by atoms with E-state index in [0.29, 0.717) is 16.5 Å². The van der Waals surface area contributed by atoms with Crippen molar-refractivity contribution in [1.82, 2.24) is 5.16 Å². The van der Waals surface area contributed by atoms with Crippen molar-refractivity contribution in [2.75, 3.05) is 0 Å². The highest BCUT2D eigenvalue weighted by Gasteiger charge is 2.12. The maximum Gasteiger partial charge on any atom is 0.339 e. The van der Waals surface area contributed by atoms with Crippen LogP contribution in [0.5, 0.6) is 5.75 Å². The fourth-order valence-electron chi connectivity index (χ4n) is 1.43. The molecule has 2 aromatic rings. The average molecular weight is 268 g/mol. The highest BCUT2D eigenvalue weighted by atomic mass is 35.5. The normalized spacial score (nSPS) is 10.3. The summed E-state index contributed by atoms with van der Waals surface area (Å²) in [4.78, 5) is 11.0. The van der Waals surface area contributed by atoms with Gasteiger partial charge in [0, 0.05) is 11.1 Å². The summed E-state index contributed by atoms with van der Waals surface area (Å²) < 4.78 is 10.3. The van der Waals surface area contributed by atoms with Gasteiger partial charge in [0.2, 0.25) is 0 Å². The Morgan fingerprint density at radius 2 is 2.28 bits per heavy atom. The molecular weight excluding hydrogens is 258 g/mol. The van der Waals surface area contributed by atoms with E-state index in [1.165, 1.54) is 12.1 Å². The van der Waals surface area contributed by atoms with Crippen LogP contribution in [0.15, 0.2) is 28.8 Å². The number of carboxylic acid groups (broad SMARTS) is 1. The molecule has 1 aromatic heterocycles. The van der Waals surface area contributed by atoms with E-state index in [0.717, 1.165) is 0 Å². The van der Waals surface area contributed by atoms with Gasteiger partial charge in [-0.15, -0.1) is 0 Å². The summed E-state index contributed by atoms with van der Waals surface area (Å²) >= 11 is 5.74. The molecule has 0 spiro atoms. The third kappa shape index (κ3) is 2.81. The largest absolute Gasteiger partial charge is 0.486 e. The van der Waals surface area contributed by atoms with Gasteiger partial charge in [-0.3, -0.25) is 0 Å². The van der Waals surface area contributed by atoms with Crippen LogP contribution in [0.2, 0.25) is 5.02 Å². The topological polar surface area (TPSA) is 72.6 Å². The molecule has 1 aromatic carbocycles. The predicted molar refractivity (Wildman–Crippen MR) is 64.0 cm³/mol. The average Bonchev–Trinajstić information content (AvgIpc) is 2.73. The Labute approximate surface area is 108 Å². The summed E-state index contributed by atoms with van der Waals surface area (Å²) in [5.41, 5.74) is 0.613. The van der Waals surface area contributed by atoms with Crippen LogP contribution in [-0.2, 0) is 6.61 Å². The molecule has 0 aliphatic rings. The summed E-state index contributed by atoms with van der Waals surface area (Å²) in [7, 11) is 0. The van der Waals surface area contributed by atoms with Crippen LogP contribution in [0.3, 0.4) is 0 Å². The molecule has 0 fully saturated rings. The van der Waals surface area contributed by atoms with Crippen LogP contribution in [0.4, 0.5) is 0 Å². The minimum Gasteiger partial charge on any atom is -0.486 e. The smallest absolute Gasteiger partial charge is 0.339 e. The van der Waals surface area contributed by atoms with Crippen LogP contribution >= 0.6 is 11.6 Å². The summed E-state index contributed by atoms with van der Waals surface area (Å²) in [5.74, 6) is -0.181. The molecule has 94 valence electrons. The van der Waals surface area contributed by atoms with E-state index in [9.17, 15) is 4.79 Å². The molecular formula is C12H10ClNO4. The Morgan fingerprint density at radius 1 is 1.50 bits per heavy atom. The first-order chi connectivity index (χ1) is 8.56. The van der Waals surface area contributed by atoms with Crippen molar-refractivity contribution < 1.29 is 19.2 Å². The molecule has 2 rings (SSSR count). The number of carbonyl (C=O) groups is 1. The van der Waals surface area contributed by atoms with Crippen molar-refractivity contribution in [3.63, 3.8) is 0 Å². The number of halogens is 1. The van der Waals surface area contributed by atoms with Crippen LogP contribution in [0.25, 0.3) is 0 Å². The maximum atomic E-state index is 11.0. The zero-order chi connectivity index (χ0) is 13.1. The monoisotopic (exact) mass is 267 g/mol. The van der Waals surface area contributed by atoms with Gasteiger partial charge in [0.25, 0.3) is 0 Å². The number of hydrogen-bond donors (Lipinski definition) is 1. The molecule has 1 N–H and O–H groups in total. The standard InChI is InChI=1S/C12H10ClNO4/c1-7-4-9(14-18-7)6-17-11-3-2-8(13)5-10(11)12(15)16/h2-5H,6H2,1H3,(H,15,16). The molecule has 0 saturated carbocycles. The first kappa shape index (κ1) is 12.4. The van der Waals surface area contributed by atoms with Gasteiger partial charge in [-0.25, -0.2) is 4.79 Å². The number of benzene rings is 1. The number of aromatic carboxylic acids is 1. The van der Waals surface area contributed by atoms with Crippen molar-refractivity contribution in [2.45, 2.75) is 13.5 Å². The SMILES string of the molecule is Cc1cc(COc2ccc(Cl)cc2C(=O)O)no1. The molecule has 5 nitrogen and oxygen atoms in total. The van der Waals surface area contributed by atoms with E-state index in [4.69, 9.17) is 26.0 Å². The molecule has 0 atom stereocenters. The van der Waals surface area contributed by atoms with Gasteiger partial charge in [0.1, 0.15) is 29.4 Å². The van der Waals surface area contributed by atoms with Crippen LogP contribution in [-0.4, -0.2) is 16.2 Å². The summed E-state index contributed by atoms with van der Waals surface area (Å²) in [6, 6.07) is 6.14. The van der Waals surface area contributed by atoms with Crippen LogP contribution in [0, 0.1) is 6.92 Å². The maximum absolute atomic E-state index is 11.0. The molecule has 0 amide bonds. The lowest BCUT2D eigenvalue weighted by Gasteiger charge is -2.07. The Bertz CT molecular complexity index is 579. The fourth-order valence-corrected chi connectivity index (χ4v) is 1.60. The Kier molecular flexibility index (Phi) is 3.53. The van der Waals surface area contributed by atoms with Crippen molar-refractivity contribution in [3.8, 4) is 5.75 Å². The second-order valence-electron chi connectivity index (χ2n) is 3.66. The number of hydrogen-bond acceptors (Lipinski definition) is 4. The lowest BCUT2D eigenvalue weighted by molar-refractivity contribution is 0.0691. The van der Waals surface area contributed by atoms with E-state index in [1.807, 2.05) is 0 Å². The Hall–Kier alpha value is -2.01. The number of aryl methyl sites for hydroxylation is 1. The molecule has 0 aliphatic heterocycles. The second-order valence-corrected chi connectivity index (χ2v) is 4.10. The van der Waals surface area contributed by atoms with E-state index in [2.05, 4.69) is 5.16 Å². The quantitative estimate of drug-likeness (QED) is 0.922. The van der Waals surface area contributed by atoms with Crippen molar-refractivity contribution in [3.05, 3.63) is 46.3 Å². The molecule has 0 aliphatic carbocycles. The van der Waals surface area contributed by atoms with Crippen molar-refractivity contribution in [2.24, 2.45) is 0 Å².